The molecule has 2 rings (SSSR count). The van der Waals surface area contributed by atoms with Crippen LogP contribution in [0.3, 0.4) is 0 Å². The van der Waals surface area contributed by atoms with E-state index in [2.05, 4.69) is 4.72 Å². The number of hydrogen-bond donors (Lipinski definition) is 1. The van der Waals surface area contributed by atoms with Crippen LogP contribution in [0.2, 0.25) is 0 Å². The van der Waals surface area contributed by atoms with Crippen LogP contribution in [0.1, 0.15) is 25.5 Å². The van der Waals surface area contributed by atoms with Gasteiger partial charge in [-0.1, -0.05) is 31.5 Å². The predicted molar refractivity (Wildman–Crippen MR) is 76.6 cm³/mol. The monoisotopic (exact) mass is 281 g/mol. The number of unbranched alkanes of at least 4 members (excludes halogenated alkanes) is 1. The van der Waals surface area contributed by atoms with Gasteiger partial charge in [0.15, 0.2) is 0 Å². The third-order valence-corrected chi connectivity index (χ3v) is 4.41. The molecule has 0 radical (unpaired) electrons. The molecule has 0 aliphatic rings. The summed E-state index contributed by atoms with van der Waals surface area (Å²) in [4.78, 5) is 0. The maximum atomic E-state index is 11.6. The molecule has 1 heterocycles. The van der Waals surface area contributed by atoms with Crippen molar-refractivity contribution < 1.29 is 12.8 Å². The zero-order chi connectivity index (χ0) is 13.7. The van der Waals surface area contributed by atoms with E-state index in [1.54, 1.807) is 0 Å². The van der Waals surface area contributed by atoms with Gasteiger partial charge in [-0.05, 0) is 18.6 Å². The molecule has 5 heteroatoms. The maximum Gasteiger partial charge on any atom is 0.211 e. The lowest BCUT2D eigenvalue weighted by Crippen LogP contribution is -2.28. The standard InChI is InChI=1S/C14H19NO3S/c1-2-3-10-19(16,17)15-9-8-13-11-12-6-4-5-7-14(12)18-13/h4-7,11,15H,2-3,8-10H2,1H3. The van der Waals surface area contributed by atoms with Crippen molar-refractivity contribution in [2.24, 2.45) is 0 Å². The summed E-state index contributed by atoms with van der Waals surface area (Å²) in [5.74, 6) is 1.00. The van der Waals surface area contributed by atoms with Gasteiger partial charge < -0.3 is 4.42 Å². The zero-order valence-electron chi connectivity index (χ0n) is 11.1. The van der Waals surface area contributed by atoms with Gasteiger partial charge in [-0.2, -0.15) is 0 Å². The lowest BCUT2D eigenvalue weighted by atomic mass is 10.2. The van der Waals surface area contributed by atoms with E-state index in [4.69, 9.17) is 4.42 Å². The van der Waals surface area contributed by atoms with Crippen molar-refractivity contribution in [2.45, 2.75) is 26.2 Å². The molecule has 0 aliphatic heterocycles. The first-order valence-corrected chi connectivity index (χ1v) is 8.21. The third-order valence-electron chi connectivity index (χ3n) is 2.94. The van der Waals surface area contributed by atoms with E-state index in [9.17, 15) is 8.42 Å². The van der Waals surface area contributed by atoms with E-state index in [1.165, 1.54) is 0 Å². The highest BCUT2D eigenvalue weighted by Crippen LogP contribution is 2.18. The van der Waals surface area contributed by atoms with Crippen LogP contribution in [0.4, 0.5) is 0 Å². The van der Waals surface area contributed by atoms with Gasteiger partial charge >= 0.3 is 0 Å². The number of nitrogens with one attached hydrogen (secondary N) is 1. The number of hydrogen-bond acceptors (Lipinski definition) is 3. The lowest BCUT2D eigenvalue weighted by molar-refractivity contribution is 0.540. The van der Waals surface area contributed by atoms with Crippen molar-refractivity contribution in [2.75, 3.05) is 12.3 Å². The Hall–Kier alpha value is -1.33. The van der Waals surface area contributed by atoms with Crippen molar-refractivity contribution in [3.8, 4) is 0 Å². The summed E-state index contributed by atoms with van der Waals surface area (Å²) in [6.07, 6.45) is 2.14. The van der Waals surface area contributed by atoms with Crippen LogP contribution in [0.5, 0.6) is 0 Å². The Morgan fingerprint density at radius 1 is 1.26 bits per heavy atom. The fraction of sp³-hybridized carbons (Fsp3) is 0.429. The Kier molecular flexibility index (Phi) is 4.61. The Bertz CT molecular complexity index is 598. The number of furan rings is 1. The lowest BCUT2D eigenvalue weighted by Gasteiger charge is -2.04. The van der Waals surface area contributed by atoms with Gasteiger partial charge in [-0.15, -0.1) is 0 Å². The van der Waals surface area contributed by atoms with Crippen molar-refractivity contribution in [3.63, 3.8) is 0 Å². The molecule has 0 aliphatic carbocycles. The summed E-state index contributed by atoms with van der Waals surface area (Å²) >= 11 is 0. The van der Waals surface area contributed by atoms with E-state index in [1.807, 2.05) is 37.3 Å². The third kappa shape index (κ3) is 4.08. The van der Waals surface area contributed by atoms with Crippen molar-refractivity contribution in [1.82, 2.24) is 4.72 Å². The molecule has 104 valence electrons. The minimum atomic E-state index is -3.14. The number of rotatable bonds is 7. The van der Waals surface area contributed by atoms with Crippen LogP contribution in [-0.2, 0) is 16.4 Å². The molecule has 4 nitrogen and oxygen atoms in total. The van der Waals surface area contributed by atoms with Gasteiger partial charge in [-0.3, -0.25) is 0 Å². The zero-order valence-corrected chi connectivity index (χ0v) is 11.9. The maximum absolute atomic E-state index is 11.6. The van der Waals surface area contributed by atoms with Gasteiger partial charge in [0.05, 0.1) is 5.75 Å². The highest BCUT2D eigenvalue weighted by Gasteiger charge is 2.09. The van der Waals surface area contributed by atoms with E-state index in [0.29, 0.717) is 19.4 Å². The predicted octanol–water partition coefficient (Wildman–Crippen LogP) is 2.69. The molecule has 19 heavy (non-hydrogen) atoms. The van der Waals surface area contributed by atoms with Crippen LogP contribution in [0.15, 0.2) is 34.7 Å². The number of benzene rings is 1. The molecule has 0 spiro atoms. The highest BCUT2D eigenvalue weighted by molar-refractivity contribution is 7.89. The van der Waals surface area contributed by atoms with Gasteiger partial charge in [-0.25, -0.2) is 13.1 Å². The topological polar surface area (TPSA) is 59.3 Å². The normalized spacial score (nSPS) is 12.1. The molecule has 2 aromatic rings. The van der Waals surface area contributed by atoms with Crippen molar-refractivity contribution >= 4 is 21.0 Å². The van der Waals surface area contributed by atoms with Crippen molar-refractivity contribution in [1.29, 1.82) is 0 Å². The molecule has 0 fully saturated rings. The first kappa shape index (κ1) is 14.1. The molecule has 0 amide bonds. The highest BCUT2D eigenvalue weighted by atomic mass is 32.2. The molecule has 1 aromatic carbocycles. The minimum Gasteiger partial charge on any atom is -0.461 e. The quantitative estimate of drug-likeness (QED) is 0.849. The number of fused-ring (bicyclic) bond motifs is 1. The minimum absolute atomic E-state index is 0.198. The second-order valence-corrected chi connectivity index (χ2v) is 6.49. The van der Waals surface area contributed by atoms with E-state index >= 15 is 0 Å². The molecular formula is C14H19NO3S. The molecule has 0 saturated carbocycles. The number of sulfonamides is 1. The Morgan fingerprint density at radius 3 is 2.79 bits per heavy atom. The number of para-hydroxylation sites is 1. The van der Waals surface area contributed by atoms with E-state index in [-0.39, 0.29) is 5.75 Å². The van der Waals surface area contributed by atoms with Crippen LogP contribution in [-0.4, -0.2) is 20.7 Å². The molecule has 0 saturated heterocycles. The molecular weight excluding hydrogens is 262 g/mol. The summed E-state index contributed by atoms with van der Waals surface area (Å²) < 4.78 is 31.4. The first-order chi connectivity index (χ1) is 9.11. The SMILES string of the molecule is CCCCS(=O)(=O)NCCc1cc2ccccc2o1. The fourth-order valence-corrected chi connectivity index (χ4v) is 3.12. The van der Waals surface area contributed by atoms with Crippen LogP contribution < -0.4 is 4.72 Å². The summed E-state index contributed by atoms with van der Waals surface area (Å²) in [7, 11) is -3.14. The second kappa shape index (κ2) is 6.21. The molecule has 1 N–H and O–H groups in total. The van der Waals surface area contributed by atoms with Crippen LogP contribution in [0.25, 0.3) is 11.0 Å². The summed E-state index contributed by atoms with van der Waals surface area (Å²) in [5.41, 5.74) is 0.839. The molecule has 1 aromatic heterocycles. The fourth-order valence-electron chi connectivity index (χ4n) is 1.90. The molecule has 0 bridgehead atoms. The van der Waals surface area contributed by atoms with Gasteiger partial charge in [0.2, 0.25) is 10.0 Å². The second-order valence-electron chi connectivity index (χ2n) is 4.57. The van der Waals surface area contributed by atoms with E-state index in [0.717, 1.165) is 23.2 Å². The summed E-state index contributed by atoms with van der Waals surface area (Å²) in [5, 5.41) is 1.05. The molecule has 0 unspecified atom stereocenters. The van der Waals surface area contributed by atoms with Crippen LogP contribution >= 0.6 is 0 Å². The average Bonchev–Trinajstić information content (AvgIpc) is 2.78. The Labute approximate surface area is 113 Å². The van der Waals surface area contributed by atoms with E-state index < -0.39 is 10.0 Å². The average molecular weight is 281 g/mol. The smallest absolute Gasteiger partial charge is 0.211 e. The largest absolute Gasteiger partial charge is 0.461 e. The van der Waals surface area contributed by atoms with Crippen LogP contribution in [0, 0.1) is 0 Å². The Balaban J connectivity index is 1.89. The Morgan fingerprint density at radius 2 is 2.05 bits per heavy atom. The van der Waals surface area contributed by atoms with Gasteiger partial charge in [0, 0.05) is 18.4 Å². The first-order valence-electron chi connectivity index (χ1n) is 6.55. The summed E-state index contributed by atoms with van der Waals surface area (Å²) in [6.45, 7) is 2.36. The van der Waals surface area contributed by atoms with Crippen molar-refractivity contribution in [3.05, 3.63) is 36.1 Å². The molecule has 0 atom stereocenters. The summed E-state index contributed by atoms with van der Waals surface area (Å²) in [6, 6.07) is 9.71. The van der Waals surface area contributed by atoms with Gasteiger partial charge in [0.1, 0.15) is 11.3 Å². The van der Waals surface area contributed by atoms with Gasteiger partial charge in [0.25, 0.3) is 0 Å².